The van der Waals surface area contributed by atoms with Crippen molar-refractivity contribution in [3.05, 3.63) is 52.0 Å². The quantitative estimate of drug-likeness (QED) is 0.815. The van der Waals surface area contributed by atoms with Crippen LogP contribution in [0.3, 0.4) is 0 Å². The lowest BCUT2D eigenvalue weighted by atomic mass is 9.97. The summed E-state index contributed by atoms with van der Waals surface area (Å²) in [6.45, 7) is 1.29. The molecule has 0 unspecified atom stereocenters. The highest BCUT2D eigenvalue weighted by Gasteiger charge is 2.48. The van der Waals surface area contributed by atoms with Gasteiger partial charge in [0.15, 0.2) is 6.10 Å². The van der Waals surface area contributed by atoms with E-state index in [-0.39, 0.29) is 24.5 Å². The molecule has 0 radical (unpaired) electrons. The van der Waals surface area contributed by atoms with Gasteiger partial charge in [-0.1, -0.05) is 6.07 Å². The Labute approximate surface area is 161 Å². The van der Waals surface area contributed by atoms with E-state index in [1.54, 1.807) is 23.7 Å². The molecule has 0 N–H and O–H groups in total. The minimum absolute atomic E-state index is 0.0266. The molecule has 2 aliphatic heterocycles. The molecule has 5 rings (SSSR count). The fraction of sp³-hybridized carbons (Fsp3) is 0.450. The Morgan fingerprint density at radius 3 is 2.96 bits per heavy atom. The van der Waals surface area contributed by atoms with E-state index in [0.717, 1.165) is 24.8 Å². The Balaban J connectivity index is 1.46. The number of nitrogens with zero attached hydrogens (tertiary/aromatic N) is 3. The van der Waals surface area contributed by atoms with E-state index in [0.29, 0.717) is 13.1 Å². The van der Waals surface area contributed by atoms with E-state index in [1.807, 2.05) is 21.9 Å². The fourth-order valence-electron chi connectivity index (χ4n) is 4.12. The van der Waals surface area contributed by atoms with Crippen LogP contribution in [0.1, 0.15) is 34.9 Å². The maximum atomic E-state index is 13.4. The SMILES string of the molecule is O=C([C@H]1OCC(=O)N(C2CC2)[C@@H]1c1cccnc1)N1CCc2sccc2C1. The number of rotatable bonds is 3. The Bertz CT molecular complexity index is 864. The largest absolute Gasteiger partial charge is 0.356 e. The normalized spacial score (nSPS) is 25.4. The van der Waals surface area contributed by atoms with Gasteiger partial charge in [0.05, 0.1) is 6.04 Å². The Morgan fingerprint density at radius 2 is 2.19 bits per heavy atom. The maximum absolute atomic E-state index is 13.4. The van der Waals surface area contributed by atoms with Gasteiger partial charge in [-0.2, -0.15) is 0 Å². The zero-order valence-corrected chi connectivity index (χ0v) is 15.7. The zero-order chi connectivity index (χ0) is 18.4. The molecule has 1 aliphatic carbocycles. The van der Waals surface area contributed by atoms with Gasteiger partial charge in [0.1, 0.15) is 6.61 Å². The average Bonchev–Trinajstić information content (AvgIpc) is 3.43. The van der Waals surface area contributed by atoms with Crippen LogP contribution in [0.25, 0.3) is 0 Å². The standard InChI is InChI=1S/C20H21N3O3S/c24-17-12-26-19(20(25)22-8-5-16-14(11-22)6-9-27-16)18(23(17)15-3-4-15)13-2-1-7-21-10-13/h1-2,6-7,9-10,15,18-19H,3-5,8,11-12H2/t18-,19+/m1/s1. The molecule has 140 valence electrons. The molecule has 6 nitrogen and oxygen atoms in total. The van der Waals surface area contributed by atoms with Gasteiger partial charge in [0.25, 0.3) is 5.91 Å². The lowest BCUT2D eigenvalue weighted by Gasteiger charge is -2.42. The summed E-state index contributed by atoms with van der Waals surface area (Å²) < 4.78 is 5.84. The van der Waals surface area contributed by atoms with Gasteiger partial charge in [0, 0.05) is 36.4 Å². The highest BCUT2D eigenvalue weighted by Crippen LogP contribution is 2.40. The number of hydrogen-bond donors (Lipinski definition) is 0. The molecule has 1 saturated carbocycles. The number of morpholine rings is 1. The highest BCUT2D eigenvalue weighted by atomic mass is 32.1. The van der Waals surface area contributed by atoms with Crippen molar-refractivity contribution in [2.75, 3.05) is 13.2 Å². The van der Waals surface area contributed by atoms with Gasteiger partial charge in [0.2, 0.25) is 5.91 Å². The van der Waals surface area contributed by atoms with Crippen LogP contribution in [-0.4, -0.2) is 51.9 Å². The van der Waals surface area contributed by atoms with Crippen molar-refractivity contribution in [2.45, 2.75) is 44.0 Å². The number of hydrogen-bond acceptors (Lipinski definition) is 5. The number of thiophene rings is 1. The summed E-state index contributed by atoms with van der Waals surface area (Å²) in [6.07, 6.45) is 5.64. The minimum atomic E-state index is -0.673. The second-order valence-electron chi connectivity index (χ2n) is 7.37. The van der Waals surface area contributed by atoms with Gasteiger partial charge in [-0.25, -0.2) is 0 Å². The summed E-state index contributed by atoms with van der Waals surface area (Å²) in [5.41, 5.74) is 2.09. The van der Waals surface area contributed by atoms with Gasteiger partial charge in [-0.3, -0.25) is 14.6 Å². The number of ether oxygens (including phenoxy) is 1. The first kappa shape index (κ1) is 16.9. The number of fused-ring (bicyclic) bond motifs is 1. The summed E-state index contributed by atoms with van der Waals surface area (Å²) >= 11 is 1.75. The summed E-state index contributed by atoms with van der Waals surface area (Å²) in [6, 6.07) is 5.69. The number of amides is 2. The van der Waals surface area contributed by atoms with Gasteiger partial charge in [-0.05, 0) is 47.9 Å². The van der Waals surface area contributed by atoms with E-state index < -0.39 is 12.1 Å². The second-order valence-corrected chi connectivity index (χ2v) is 8.37. The van der Waals surface area contributed by atoms with Crippen molar-refractivity contribution in [3.8, 4) is 0 Å². The molecule has 0 aromatic carbocycles. The molecular weight excluding hydrogens is 362 g/mol. The molecule has 2 fully saturated rings. The smallest absolute Gasteiger partial charge is 0.254 e. The zero-order valence-electron chi connectivity index (χ0n) is 14.9. The van der Waals surface area contributed by atoms with E-state index in [2.05, 4.69) is 16.4 Å². The molecule has 7 heteroatoms. The first-order chi connectivity index (χ1) is 13.2. The molecular formula is C20H21N3O3S. The molecule has 27 heavy (non-hydrogen) atoms. The van der Waals surface area contributed by atoms with Crippen LogP contribution >= 0.6 is 11.3 Å². The number of aromatic nitrogens is 1. The fourth-order valence-corrected chi connectivity index (χ4v) is 5.01. The summed E-state index contributed by atoms with van der Waals surface area (Å²) in [5.74, 6) is -0.0620. The number of carbonyl (C=O) groups excluding carboxylic acids is 2. The topological polar surface area (TPSA) is 62.7 Å². The summed E-state index contributed by atoms with van der Waals surface area (Å²) in [7, 11) is 0. The van der Waals surface area contributed by atoms with Crippen molar-refractivity contribution in [2.24, 2.45) is 0 Å². The average molecular weight is 383 g/mol. The third-order valence-corrected chi connectivity index (χ3v) is 6.61. The van der Waals surface area contributed by atoms with Crippen LogP contribution < -0.4 is 0 Å². The van der Waals surface area contributed by atoms with Gasteiger partial charge < -0.3 is 14.5 Å². The Kier molecular flexibility index (Phi) is 4.21. The summed E-state index contributed by atoms with van der Waals surface area (Å²) in [4.78, 5) is 35.3. The predicted octanol–water partition coefficient (Wildman–Crippen LogP) is 2.16. The van der Waals surface area contributed by atoms with Crippen molar-refractivity contribution in [1.29, 1.82) is 0 Å². The molecule has 3 aliphatic rings. The van der Waals surface area contributed by atoms with Crippen LogP contribution in [0.4, 0.5) is 0 Å². The molecule has 2 aromatic rings. The molecule has 2 atom stereocenters. The maximum Gasteiger partial charge on any atom is 0.254 e. The first-order valence-electron chi connectivity index (χ1n) is 9.39. The van der Waals surface area contributed by atoms with E-state index in [9.17, 15) is 9.59 Å². The molecule has 0 bridgehead atoms. The lowest BCUT2D eigenvalue weighted by molar-refractivity contribution is -0.170. The van der Waals surface area contributed by atoms with Gasteiger partial charge in [-0.15, -0.1) is 11.3 Å². The van der Waals surface area contributed by atoms with Crippen molar-refractivity contribution in [1.82, 2.24) is 14.8 Å². The van der Waals surface area contributed by atoms with E-state index >= 15 is 0 Å². The molecule has 4 heterocycles. The third kappa shape index (κ3) is 3.04. The minimum Gasteiger partial charge on any atom is -0.356 e. The van der Waals surface area contributed by atoms with Crippen LogP contribution in [0.15, 0.2) is 36.0 Å². The van der Waals surface area contributed by atoms with Crippen molar-refractivity contribution >= 4 is 23.2 Å². The summed E-state index contributed by atoms with van der Waals surface area (Å²) in [5, 5.41) is 2.09. The molecule has 1 saturated heterocycles. The second kappa shape index (κ2) is 6.73. The van der Waals surface area contributed by atoms with Crippen LogP contribution in [0, 0.1) is 0 Å². The molecule has 2 aromatic heterocycles. The first-order valence-corrected chi connectivity index (χ1v) is 10.3. The molecule has 0 spiro atoms. The van der Waals surface area contributed by atoms with Crippen molar-refractivity contribution in [3.63, 3.8) is 0 Å². The van der Waals surface area contributed by atoms with Crippen LogP contribution in [-0.2, 0) is 27.3 Å². The van der Waals surface area contributed by atoms with Gasteiger partial charge >= 0.3 is 0 Å². The monoisotopic (exact) mass is 383 g/mol. The molecule has 2 amide bonds. The predicted molar refractivity (Wildman–Crippen MR) is 100 cm³/mol. The van der Waals surface area contributed by atoms with E-state index in [4.69, 9.17) is 4.74 Å². The Morgan fingerprint density at radius 1 is 1.30 bits per heavy atom. The number of carbonyl (C=O) groups is 2. The highest BCUT2D eigenvalue weighted by molar-refractivity contribution is 7.10. The third-order valence-electron chi connectivity index (χ3n) is 5.59. The Hall–Kier alpha value is -2.25. The number of pyridine rings is 1. The van der Waals surface area contributed by atoms with E-state index in [1.165, 1.54) is 10.4 Å². The van der Waals surface area contributed by atoms with Crippen LogP contribution in [0.5, 0.6) is 0 Å². The lowest BCUT2D eigenvalue weighted by Crippen LogP contribution is -2.56. The van der Waals surface area contributed by atoms with Crippen molar-refractivity contribution < 1.29 is 14.3 Å². The van der Waals surface area contributed by atoms with Crippen LogP contribution in [0.2, 0.25) is 0 Å².